The first-order valence-electron chi connectivity index (χ1n) is 8.74. The van der Waals surface area contributed by atoms with Crippen LogP contribution in [0.3, 0.4) is 0 Å². The lowest BCUT2D eigenvalue weighted by Gasteiger charge is -2.49. The summed E-state index contributed by atoms with van der Waals surface area (Å²) in [4.78, 5) is 20.3. The van der Waals surface area contributed by atoms with Crippen molar-refractivity contribution in [3.8, 4) is 0 Å². The molecule has 0 atom stereocenters. The molecule has 1 saturated heterocycles. The highest BCUT2D eigenvalue weighted by atomic mass is 19.4. The third kappa shape index (κ3) is 4.54. The Balaban J connectivity index is 2.15. The summed E-state index contributed by atoms with van der Waals surface area (Å²) in [6.07, 6.45) is -3.20. The smallest absolute Gasteiger partial charge is 0.352 e. The van der Waals surface area contributed by atoms with E-state index in [4.69, 9.17) is 0 Å². The van der Waals surface area contributed by atoms with Gasteiger partial charge in [-0.25, -0.2) is 0 Å². The maximum atomic E-state index is 13.1. The van der Waals surface area contributed by atoms with Gasteiger partial charge in [-0.2, -0.15) is 18.3 Å². The molecule has 1 aliphatic rings. The molecule has 1 aromatic heterocycles. The van der Waals surface area contributed by atoms with Crippen molar-refractivity contribution in [2.45, 2.75) is 52.0 Å². The number of piperazine rings is 1. The maximum absolute atomic E-state index is 13.1. The molecule has 0 spiro atoms. The molecular weight excluding hydrogens is 361 g/mol. The quantitative estimate of drug-likeness (QED) is 0.634. The first kappa shape index (κ1) is 21.0. The predicted molar refractivity (Wildman–Crippen MR) is 96.0 cm³/mol. The number of guanidine groups is 1. The van der Waals surface area contributed by atoms with Gasteiger partial charge < -0.3 is 15.1 Å². The van der Waals surface area contributed by atoms with Crippen molar-refractivity contribution < 1.29 is 18.0 Å². The molecule has 0 aromatic carbocycles. The van der Waals surface area contributed by atoms with Crippen LogP contribution >= 0.6 is 0 Å². The fourth-order valence-electron chi connectivity index (χ4n) is 3.73. The normalized spacial score (nSPS) is 18.4. The van der Waals surface area contributed by atoms with Gasteiger partial charge in [0, 0.05) is 45.0 Å². The van der Waals surface area contributed by atoms with Crippen molar-refractivity contribution in [1.82, 2.24) is 24.9 Å². The zero-order valence-electron chi connectivity index (χ0n) is 16.6. The van der Waals surface area contributed by atoms with Crippen LogP contribution in [0.4, 0.5) is 13.2 Å². The molecule has 152 valence electrons. The van der Waals surface area contributed by atoms with E-state index in [2.05, 4.69) is 15.4 Å². The van der Waals surface area contributed by atoms with Crippen LogP contribution in [0.15, 0.2) is 11.2 Å². The fraction of sp³-hybridized carbons (Fsp3) is 0.706. The molecule has 1 aromatic rings. The van der Waals surface area contributed by atoms with Gasteiger partial charge in [0.2, 0.25) is 5.91 Å². The van der Waals surface area contributed by atoms with Crippen molar-refractivity contribution in [3.63, 3.8) is 0 Å². The summed E-state index contributed by atoms with van der Waals surface area (Å²) in [6, 6.07) is 0.0642. The first-order valence-corrected chi connectivity index (χ1v) is 8.74. The number of alkyl halides is 3. The number of carbonyl (C=O) groups excluding carboxylic acids is 1. The molecule has 2 heterocycles. The Hall–Kier alpha value is -2.26. The topological polar surface area (TPSA) is 65.8 Å². The number of nitrogens with one attached hydrogen (secondary N) is 1. The molecule has 1 fully saturated rings. The fourth-order valence-corrected chi connectivity index (χ4v) is 3.73. The minimum Gasteiger partial charge on any atom is -0.352 e. The van der Waals surface area contributed by atoms with E-state index in [0.29, 0.717) is 12.5 Å². The number of hydrogen-bond donors (Lipinski definition) is 1. The number of aryl methyl sites for hydroxylation is 1. The molecule has 10 heteroatoms. The summed E-state index contributed by atoms with van der Waals surface area (Å²) < 4.78 is 40.4. The van der Waals surface area contributed by atoms with Crippen LogP contribution in [-0.4, -0.2) is 63.2 Å². The number of hydrogen-bond acceptors (Lipinski definition) is 3. The lowest BCUT2D eigenvalue weighted by atomic mass is 9.96. The minimum atomic E-state index is -4.53. The van der Waals surface area contributed by atoms with Crippen molar-refractivity contribution in [3.05, 3.63) is 17.5 Å². The number of amides is 1. The highest BCUT2D eigenvalue weighted by molar-refractivity contribution is 5.88. The summed E-state index contributed by atoms with van der Waals surface area (Å²) in [7, 11) is 2.99. The molecule has 1 N–H and O–H groups in total. The number of aromatic nitrogens is 2. The van der Waals surface area contributed by atoms with E-state index < -0.39 is 17.4 Å². The Morgan fingerprint density at radius 2 is 2.04 bits per heavy atom. The van der Waals surface area contributed by atoms with Crippen LogP contribution in [0.2, 0.25) is 0 Å². The Labute approximate surface area is 157 Å². The van der Waals surface area contributed by atoms with Crippen LogP contribution in [0.5, 0.6) is 0 Å². The van der Waals surface area contributed by atoms with Crippen LogP contribution in [0, 0.1) is 0 Å². The lowest BCUT2D eigenvalue weighted by molar-refractivity contribution is -0.145. The second-order valence-corrected chi connectivity index (χ2v) is 7.60. The molecule has 0 saturated carbocycles. The summed E-state index contributed by atoms with van der Waals surface area (Å²) in [5, 5.41) is 6.44. The number of halogens is 3. The Bertz CT molecular complexity index is 723. The third-order valence-corrected chi connectivity index (χ3v) is 4.46. The first-order chi connectivity index (χ1) is 12.4. The van der Waals surface area contributed by atoms with Crippen molar-refractivity contribution in [2.24, 2.45) is 12.0 Å². The van der Waals surface area contributed by atoms with Gasteiger partial charge in [-0.15, -0.1) is 0 Å². The van der Waals surface area contributed by atoms with Crippen molar-refractivity contribution in [2.75, 3.05) is 20.1 Å². The average Bonchev–Trinajstić information content (AvgIpc) is 2.87. The number of nitrogens with zero attached hydrogens (tertiary/aromatic N) is 5. The van der Waals surface area contributed by atoms with E-state index in [-0.39, 0.29) is 30.6 Å². The zero-order valence-corrected chi connectivity index (χ0v) is 16.6. The van der Waals surface area contributed by atoms with Gasteiger partial charge in [-0.05, 0) is 27.7 Å². The predicted octanol–water partition coefficient (Wildman–Crippen LogP) is 1.85. The molecule has 1 aliphatic heterocycles. The zero-order chi connectivity index (χ0) is 20.6. The molecule has 7 nitrogen and oxygen atoms in total. The van der Waals surface area contributed by atoms with Gasteiger partial charge in [0.15, 0.2) is 11.7 Å². The van der Waals surface area contributed by atoms with Gasteiger partial charge in [0.05, 0.1) is 12.1 Å². The van der Waals surface area contributed by atoms with Gasteiger partial charge in [-0.1, -0.05) is 0 Å². The monoisotopic (exact) mass is 388 g/mol. The third-order valence-electron chi connectivity index (χ3n) is 4.46. The van der Waals surface area contributed by atoms with Crippen molar-refractivity contribution >= 4 is 11.9 Å². The number of carbonyl (C=O) groups is 1. The largest absolute Gasteiger partial charge is 0.435 e. The Morgan fingerprint density at radius 3 is 2.52 bits per heavy atom. The van der Waals surface area contributed by atoms with Crippen LogP contribution in [0.25, 0.3) is 0 Å². The van der Waals surface area contributed by atoms with Gasteiger partial charge >= 0.3 is 6.18 Å². The molecule has 0 aliphatic carbocycles. The van der Waals surface area contributed by atoms with Crippen LogP contribution in [0.1, 0.15) is 39.0 Å². The SMILES string of the molecule is CN=C(NCc1cn(C)nc1C(F)(F)F)N1CC(=O)N(C(C)C)C(C)(C)C1. The van der Waals surface area contributed by atoms with Gasteiger partial charge in [-0.3, -0.25) is 14.5 Å². The van der Waals surface area contributed by atoms with Crippen molar-refractivity contribution in [1.29, 1.82) is 0 Å². The van der Waals surface area contributed by atoms with Gasteiger partial charge in [0.1, 0.15) is 0 Å². The average molecular weight is 388 g/mol. The Kier molecular flexibility index (Phi) is 5.77. The molecule has 0 radical (unpaired) electrons. The minimum absolute atomic E-state index is 0.0255. The molecule has 0 bridgehead atoms. The molecule has 0 unspecified atom stereocenters. The second-order valence-electron chi connectivity index (χ2n) is 7.60. The Morgan fingerprint density at radius 1 is 1.41 bits per heavy atom. The lowest BCUT2D eigenvalue weighted by Crippen LogP contribution is -2.66. The summed E-state index contributed by atoms with van der Waals surface area (Å²) in [5.74, 6) is 0.346. The molecule has 1 amide bonds. The summed E-state index contributed by atoms with van der Waals surface area (Å²) in [5.41, 5.74) is -1.32. The number of aliphatic imine (C=N–C) groups is 1. The van der Waals surface area contributed by atoms with E-state index in [1.165, 1.54) is 13.2 Å². The highest BCUT2D eigenvalue weighted by Crippen LogP contribution is 2.30. The molecule has 2 rings (SSSR count). The van der Waals surface area contributed by atoms with E-state index in [0.717, 1.165) is 4.68 Å². The highest BCUT2D eigenvalue weighted by Gasteiger charge is 2.41. The summed E-state index contributed by atoms with van der Waals surface area (Å²) in [6.45, 7) is 8.41. The van der Waals surface area contributed by atoms with E-state index in [9.17, 15) is 18.0 Å². The molecule has 27 heavy (non-hydrogen) atoms. The van der Waals surface area contributed by atoms with E-state index in [1.807, 2.05) is 32.6 Å². The standard InChI is InChI=1S/C17H27F3N6O/c1-11(2)26-13(27)9-25(10-16(26,3)4)15(21-5)22-7-12-8-24(6)23-14(12)17(18,19)20/h8,11H,7,9-10H2,1-6H3,(H,21,22). The van der Waals surface area contributed by atoms with E-state index in [1.54, 1.807) is 11.9 Å². The summed E-state index contributed by atoms with van der Waals surface area (Å²) >= 11 is 0. The van der Waals surface area contributed by atoms with Crippen LogP contribution in [-0.2, 0) is 24.6 Å². The van der Waals surface area contributed by atoms with E-state index >= 15 is 0 Å². The second kappa shape index (κ2) is 7.40. The van der Waals surface area contributed by atoms with Crippen LogP contribution < -0.4 is 5.32 Å². The van der Waals surface area contributed by atoms with Gasteiger partial charge in [0.25, 0.3) is 0 Å². The maximum Gasteiger partial charge on any atom is 0.435 e. The number of rotatable bonds is 3. The molecular formula is C17H27F3N6O.